The molecule has 2 N–H and O–H groups in total. The summed E-state index contributed by atoms with van der Waals surface area (Å²) >= 11 is 1.79. The van der Waals surface area contributed by atoms with Crippen molar-refractivity contribution in [2.45, 2.75) is 31.9 Å². The molecule has 0 fully saturated rings. The van der Waals surface area contributed by atoms with Crippen LogP contribution in [0, 0.1) is 0 Å². The van der Waals surface area contributed by atoms with Crippen LogP contribution in [0.3, 0.4) is 0 Å². The first kappa shape index (κ1) is 17.5. The number of hydrogen-bond acceptors (Lipinski definition) is 4. The fourth-order valence-corrected chi connectivity index (χ4v) is 4.83. The molecule has 0 saturated heterocycles. The van der Waals surface area contributed by atoms with Crippen LogP contribution in [0.25, 0.3) is 0 Å². The maximum absolute atomic E-state index is 12.6. The molecule has 1 aromatic carbocycles. The van der Waals surface area contributed by atoms with Crippen LogP contribution in [-0.2, 0) is 19.4 Å². The number of amides is 2. The third-order valence-electron chi connectivity index (χ3n) is 5.22. The molecule has 4 rings (SSSR count). The van der Waals surface area contributed by atoms with Gasteiger partial charge < -0.3 is 10.4 Å². The Morgan fingerprint density at radius 2 is 2.08 bits per heavy atom. The second-order valence-corrected chi connectivity index (χ2v) is 8.08. The quantitative estimate of drug-likeness (QED) is 0.869. The number of aryl methyl sites for hydroxylation is 1. The van der Waals surface area contributed by atoms with Gasteiger partial charge in [0.2, 0.25) is 0 Å². The molecule has 0 bridgehead atoms. The van der Waals surface area contributed by atoms with Gasteiger partial charge in [-0.2, -0.15) is 0 Å². The van der Waals surface area contributed by atoms with Crippen LogP contribution in [-0.4, -0.2) is 48.3 Å². The number of carbonyl (C=O) groups excluding carboxylic acids is 1. The number of hydrogen-bond donors (Lipinski definition) is 2. The first-order valence-electron chi connectivity index (χ1n) is 9.29. The lowest BCUT2D eigenvalue weighted by atomic mass is 10.0. The third kappa shape index (κ3) is 3.77. The second-order valence-electron chi connectivity index (χ2n) is 7.08. The van der Waals surface area contributed by atoms with E-state index in [0.717, 1.165) is 44.6 Å². The zero-order valence-corrected chi connectivity index (χ0v) is 15.7. The lowest BCUT2D eigenvalue weighted by Crippen LogP contribution is -2.47. The molecule has 138 valence electrons. The summed E-state index contributed by atoms with van der Waals surface area (Å²) in [6.45, 7) is 3.47. The molecular weight excluding hydrogens is 346 g/mol. The molecule has 0 saturated carbocycles. The number of nitrogens with zero attached hydrogens (tertiary/aromatic N) is 2. The van der Waals surface area contributed by atoms with Gasteiger partial charge in [0.1, 0.15) is 0 Å². The van der Waals surface area contributed by atoms with E-state index in [4.69, 9.17) is 0 Å². The topological polar surface area (TPSA) is 55.8 Å². The van der Waals surface area contributed by atoms with Gasteiger partial charge in [0.25, 0.3) is 0 Å². The number of thiophene rings is 1. The molecule has 0 radical (unpaired) electrons. The van der Waals surface area contributed by atoms with Gasteiger partial charge >= 0.3 is 6.03 Å². The Hall–Kier alpha value is -1.89. The molecule has 3 heterocycles. The number of carbonyl (C=O) groups is 1. The van der Waals surface area contributed by atoms with Crippen LogP contribution >= 0.6 is 11.3 Å². The average Bonchev–Trinajstić information content (AvgIpc) is 3.13. The van der Waals surface area contributed by atoms with E-state index in [2.05, 4.69) is 27.7 Å². The summed E-state index contributed by atoms with van der Waals surface area (Å²) < 4.78 is 0. The normalized spacial score (nSPS) is 18.1. The molecule has 2 amide bonds. The lowest BCUT2D eigenvalue weighted by molar-refractivity contribution is 0.107. The summed E-state index contributed by atoms with van der Waals surface area (Å²) in [6, 6.07) is 10.1. The van der Waals surface area contributed by atoms with Crippen molar-refractivity contribution in [2.24, 2.45) is 0 Å². The van der Waals surface area contributed by atoms with Crippen LogP contribution in [0.1, 0.15) is 22.4 Å². The van der Waals surface area contributed by atoms with Crippen molar-refractivity contribution in [1.29, 1.82) is 0 Å². The number of rotatable bonds is 4. The maximum atomic E-state index is 12.6. The lowest BCUT2D eigenvalue weighted by Gasteiger charge is -2.31. The van der Waals surface area contributed by atoms with Gasteiger partial charge in [-0.25, -0.2) is 4.79 Å². The van der Waals surface area contributed by atoms with E-state index in [1.807, 2.05) is 18.2 Å². The van der Waals surface area contributed by atoms with E-state index in [-0.39, 0.29) is 12.6 Å². The number of urea groups is 1. The molecular formula is C20H25N3O2S. The summed E-state index contributed by atoms with van der Waals surface area (Å²) in [7, 11) is 0. The van der Waals surface area contributed by atoms with Gasteiger partial charge in [-0.1, -0.05) is 18.2 Å². The number of aliphatic hydroxyl groups is 1. The summed E-state index contributed by atoms with van der Waals surface area (Å²) in [4.78, 5) is 18.0. The Labute approximate surface area is 158 Å². The zero-order chi connectivity index (χ0) is 17.9. The van der Waals surface area contributed by atoms with Gasteiger partial charge in [0, 0.05) is 43.3 Å². The number of anilines is 1. The minimum atomic E-state index is -0.555. The highest BCUT2D eigenvalue weighted by molar-refractivity contribution is 7.10. The smallest absolute Gasteiger partial charge is 0.321 e. The maximum Gasteiger partial charge on any atom is 0.321 e. The first-order chi connectivity index (χ1) is 12.7. The highest BCUT2D eigenvalue weighted by Gasteiger charge is 2.23. The molecule has 5 nitrogen and oxygen atoms in total. The van der Waals surface area contributed by atoms with Crippen molar-refractivity contribution in [1.82, 2.24) is 10.2 Å². The van der Waals surface area contributed by atoms with Gasteiger partial charge in [-0.15, -0.1) is 11.3 Å². The number of β-amino-alcohol motifs (C(OH)–C–C–N with tert-alkyl or cyclic N) is 1. The number of nitrogens with one attached hydrogen (secondary N) is 1. The van der Waals surface area contributed by atoms with Crippen LogP contribution in [0.15, 0.2) is 35.7 Å². The molecule has 1 unspecified atom stereocenters. The summed E-state index contributed by atoms with van der Waals surface area (Å²) in [5, 5.41) is 15.4. The van der Waals surface area contributed by atoms with Gasteiger partial charge in [-0.05, 0) is 47.9 Å². The number of fused-ring (bicyclic) bond motifs is 2. The molecule has 0 aliphatic carbocycles. The Morgan fingerprint density at radius 1 is 1.19 bits per heavy atom. The Morgan fingerprint density at radius 3 is 3.00 bits per heavy atom. The fourth-order valence-electron chi connectivity index (χ4n) is 3.85. The van der Waals surface area contributed by atoms with E-state index < -0.39 is 6.10 Å². The molecule has 2 aromatic rings. The van der Waals surface area contributed by atoms with E-state index >= 15 is 0 Å². The molecule has 1 aromatic heterocycles. The standard InChI is InChI=1S/C20H25N3O2S/c24-17(13-22-10-7-16-8-11-26-19(16)14-22)12-21-20(25)23-9-3-5-15-4-1-2-6-18(15)23/h1-2,4,6,8,11,17,24H,3,5,7,9-10,12-14H2,(H,21,25). The van der Waals surface area contributed by atoms with Crippen LogP contribution in [0.4, 0.5) is 10.5 Å². The van der Waals surface area contributed by atoms with E-state index in [9.17, 15) is 9.90 Å². The van der Waals surface area contributed by atoms with E-state index in [1.165, 1.54) is 16.0 Å². The van der Waals surface area contributed by atoms with Crippen molar-refractivity contribution >= 4 is 23.1 Å². The molecule has 0 spiro atoms. The van der Waals surface area contributed by atoms with Crippen LogP contribution in [0.2, 0.25) is 0 Å². The second kappa shape index (κ2) is 7.78. The molecule has 2 aliphatic rings. The third-order valence-corrected chi connectivity index (χ3v) is 6.16. The van der Waals surface area contributed by atoms with Crippen molar-refractivity contribution in [3.63, 3.8) is 0 Å². The van der Waals surface area contributed by atoms with Gasteiger partial charge in [0.15, 0.2) is 0 Å². The van der Waals surface area contributed by atoms with Crippen LogP contribution in [0.5, 0.6) is 0 Å². The Bertz CT molecular complexity index is 776. The summed E-state index contributed by atoms with van der Waals surface area (Å²) in [5.41, 5.74) is 3.65. The minimum Gasteiger partial charge on any atom is -0.390 e. The first-order valence-corrected chi connectivity index (χ1v) is 10.2. The predicted molar refractivity (Wildman–Crippen MR) is 105 cm³/mol. The minimum absolute atomic E-state index is 0.115. The SMILES string of the molecule is O=C(NCC(O)CN1CCc2ccsc2C1)N1CCCc2ccccc21. The average molecular weight is 372 g/mol. The van der Waals surface area contributed by atoms with E-state index in [0.29, 0.717) is 6.54 Å². The molecule has 26 heavy (non-hydrogen) atoms. The Kier molecular flexibility index (Phi) is 5.24. The van der Waals surface area contributed by atoms with Crippen molar-refractivity contribution < 1.29 is 9.90 Å². The highest BCUT2D eigenvalue weighted by Crippen LogP contribution is 2.26. The largest absolute Gasteiger partial charge is 0.390 e. The zero-order valence-electron chi connectivity index (χ0n) is 14.9. The van der Waals surface area contributed by atoms with Gasteiger partial charge in [-0.3, -0.25) is 9.80 Å². The fraction of sp³-hybridized carbons (Fsp3) is 0.450. The number of benzene rings is 1. The van der Waals surface area contributed by atoms with Crippen molar-refractivity contribution in [3.05, 3.63) is 51.7 Å². The highest BCUT2D eigenvalue weighted by atomic mass is 32.1. The molecule has 1 atom stereocenters. The van der Waals surface area contributed by atoms with Crippen LogP contribution < -0.4 is 10.2 Å². The predicted octanol–water partition coefficient (Wildman–Crippen LogP) is 2.63. The summed E-state index contributed by atoms with van der Waals surface area (Å²) in [6.07, 6.45) is 2.48. The van der Waals surface area contributed by atoms with Crippen molar-refractivity contribution in [3.8, 4) is 0 Å². The molecule has 2 aliphatic heterocycles. The molecule has 6 heteroatoms. The summed E-state index contributed by atoms with van der Waals surface area (Å²) in [5.74, 6) is 0. The number of para-hydroxylation sites is 1. The van der Waals surface area contributed by atoms with Gasteiger partial charge in [0.05, 0.1) is 6.10 Å². The number of aliphatic hydroxyl groups excluding tert-OH is 1. The Balaban J connectivity index is 1.28. The monoisotopic (exact) mass is 371 g/mol. The van der Waals surface area contributed by atoms with E-state index in [1.54, 1.807) is 16.2 Å². The van der Waals surface area contributed by atoms with Crippen molar-refractivity contribution in [2.75, 3.05) is 31.1 Å².